The Morgan fingerprint density at radius 1 is 1.56 bits per heavy atom. The first-order valence-corrected chi connectivity index (χ1v) is 6.03. The normalized spacial score (nSPS) is 19.6. The van der Waals surface area contributed by atoms with Crippen molar-refractivity contribution < 1.29 is 14.3 Å². The molecule has 1 atom stereocenters. The van der Waals surface area contributed by atoms with Gasteiger partial charge in [-0.25, -0.2) is 4.79 Å². The number of anilines is 1. The Hall–Kier alpha value is -1.75. The third kappa shape index (κ3) is 2.73. The van der Waals surface area contributed by atoms with Crippen molar-refractivity contribution in [3.05, 3.63) is 24.3 Å². The summed E-state index contributed by atoms with van der Waals surface area (Å²) in [5, 5.41) is 0. The van der Waals surface area contributed by atoms with Crippen LogP contribution >= 0.6 is 0 Å². The van der Waals surface area contributed by atoms with Gasteiger partial charge in [0, 0.05) is 18.5 Å². The van der Waals surface area contributed by atoms with Gasteiger partial charge >= 0.3 is 6.09 Å². The fourth-order valence-corrected chi connectivity index (χ4v) is 2.05. The zero-order valence-corrected chi connectivity index (χ0v) is 10.5. The van der Waals surface area contributed by atoms with Crippen LogP contribution in [0.4, 0.5) is 10.5 Å². The number of hydrogen-bond acceptors (Lipinski definition) is 4. The Morgan fingerprint density at radius 3 is 3.11 bits per heavy atom. The monoisotopic (exact) mass is 250 g/mol. The molecule has 5 nitrogen and oxygen atoms in total. The molecule has 1 amide bonds. The second-order valence-corrected chi connectivity index (χ2v) is 4.33. The number of carbonyl (C=O) groups excluding carboxylic acids is 1. The SMILES string of the molecule is COc1cccc(N2CC(CCN)COC2=O)c1. The smallest absolute Gasteiger partial charge is 0.414 e. The molecule has 98 valence electrons. The topological polar surface area (TPSA) is 64.8 Å². The van der Waals surface area contributed by atoms with E-state index in [4.69, 9.17) is 15.2 Å². The van der Waals surface area contributed by atoms with E-state index in [0.29, 0.717) is 25.6 Å². The molecule has 0 bridgehead atoms. The molecule has 0 saturated carbocycles. The Balaban J connectivity index is 2.15. The maximum absolute atomic E-state index is 11.8. The van der Waals surface area contributed by atoms with E-state index in [1.165, 1.54) is 0 Å². The van der Waals surface area contributed by atoms with Crippen molar-refractivity contribution in [2.75, 3.05) is 31.7 Å². The average Bonchev–Trinajstić information content (AvgIpc) is 2.41. The fourth-order valence-electron chi connectivity index (χ4n) is 2.05. The molecule has 1 saturated heterocycles. The van der Waals surface area contributed by atoms with Gasteiger partial charge in [-0.1, -0.05) is 6.07 Å². The lowest BCUT2D eigenvalue weighted by Crippen LogP contribution is -2.43. The van der Waals surface area contributed by atoms with E-state index >= 15 is 0 Å². The van der Waals surface area contributed by atoms with Crippen LogP contribution in [-0.4, -0.2) is 32.9 Å². The molecule has 1 aliphatic rings. The third-order valence-corrected chi connectivity index (χ3v) is 3.04. The molecular weight excluding hydrogens is 232 g/mol. The van der Waals surface area contributed by atoms with Crippen molar-refractivity contribution in [2.24, 2.45) is 11.7 Å². The van der Waals surface area contributed by atoms with Crippen LogP contribution in [0, 0.1) is 5.92 Å². The zero-order valence-electron chi connectivity index (χ0n) is 10.5. The number of hydrogen-bond donors (Lipinski definition) is 1. The maximum Gasteiger partial charge on any atom is 0.414 e. The van der Waals surface area contributed by atoms with Crippen LogP contribution < -0.4 is 15.4 Å². The molecule has 18 heavy (non-hydrogen) atoms. The van der Waals surface area contributed by atoms with Gasteiger partial charge in [-0.3, -0.25) is 4.90 Å². The molecule has 1 unspecified atom stereocenters. The van der Waals surface area contributed by atoms with E-state index in [2.05, 4.69) is 0 Å². The molecule has 2 N–H and O–H groups in total. The van der Waals surface area contributed by atoms with Crippen molar-refractivity contribution >= 4 is 11.8 Å². The van der Waals surface area contributed by atoms with Crippen LogP contribution in [0.1, 0.15) is 6.42 Å². The summed E-state index contributed by atoms with van der Waals surface area (Å²) in [6.45, 7) is 1.70. The highest BCUT2D eigenvalue weighted by atomic mass is 16.6. The minimum Gasteiger partial charge on any atom is -0.497 e. The van der Waals surface area contributed by atoms with Crippen molar-refractivity contribution in [3.8, 4) is 5.75 Å². The fraction of sp³-hybridized carbons (Fsp3) is 0.462. The van der Waals surface area contributed by atoms with Crippen molar-refractivity contribution in [1.29, 1.82) is 0 Å². The lowest BCUT2D eigenvalue weighted by atomic mass is 10.0. The van der Waals surface area contributed by atoms with E-state index in [1.54, 1.807) is 12.0 Å². The summed E-state index contributed by atoms with van der Waals surface area (Å²) >= 11 is 0. The van der Waals surface area contributed by atoms with E-state index in [-0.39, 0.29) is 6.09 Å². The Morgan fingerprint density at radius 2 is 2.39 bits per heavy atom. The molecule has 1 aromatic carbocycles. The summed E-state index contributed by atoms with van der Waals surface area (Å²) in [4.78, 5) is 13.4. The summed E-state index contributed by atoms with van der Waals surface area (Å²) < 4.78 is 10.3. The molecule has 2 rings (SSSR count). The summed E-state index contributed by atoms with van der Waals surface area (Å²) in [5.41, 5.74) is 6.34. The molecule has 0 aliphatic carbocycles. The van der Waals surface area contributed by atoms with E-state index in [9.17, 15) is 4.79 Å². The van der Waals surface area contributed by atoms with Gasteiger partial charge < -0.3 is 15.2 Å². The number of carbonyl (C=O) groups is 1. The molecule has 5 heteroatoms. The Bertz CT molecular complexity index is 422. The second-order valence-electron chi connectivity index (χ2n) is 4.33. The number of ether oxygens (including phenoxy) is 2. The number of rotatable bonds is 4. The van der Waals surface area contributed by atoms with Crippen LogP contribution in [0.25, 0.3) is 0 Å². The van der Waals surface area contributed by atoms with Gasteiger partial charge in [0.2, 0.25) is 0 Å². The summed E-state index contributed by atoms with van der Waals surface area (Å²) in [6.07, 6.45) is 0.546. The number of amides is 1. The highest BCUT2D eigenvalue weighted by Crippen LogP contribution is 2.25. The molecule has 1 fully saturated rings. The number of benzene rings is 1. The van der Waals surface area contributed by atoms with Gasteiger partial charge in [-0.15, -0.1) is 0 Å². The maximum atomic E-state index is 11.8. The first-order chi connectivity index (χ1) is 8.74. The summed E-state index contributed by atoms with van der Waals surface area (Å²) in [6, 6.07) is 7.39. The highest BCUT2D eigenvalue weighted by Gasteiger charge is 2.27. The second kappa shape index (κ2) is 5.73. The van der Waals surface area contributed by atoms with Crippen LogP contribution in [0.15, 0.2) is 24.3 Å². The van der Waals surface area contributed by atoms with Crippen molar-refractivity contribution in [1.82, 2.24) is 0 Å². The van der Waals surface area contributed by atoms with E-state index in [0.717, 1.165) is 17.9 Å². The standard InChI is InChI=1S/C13H18N2O3/c1-17-12-4-2-3-11(7-12)15-8-10(5-6-14)9-18-13(15)16/h2-4,7,10H,5-6,8-9,14H2,1H3. The predicted octanol–water partition coefficient (Wildman–Crippen LogP) is 1.62. The summed E-state index contributed by atoms with van der Waals surface area (Å²) in [7, 11) is 1.60. The highest BCUT2D eigenvalue weighted by molar-refractivity contribution is 5.88. The lowest BCUT2D eigenvalue weighted by Gasteiger charge is -2.32. The van der Waals surface area contributed by atoms with Crippen molar-refractivity contribution in [2.45, 2.75) is 6.42 Å². The minimum absolute atomic E-state index is 0.291. The van der Waals surface area contributed by atoms with Crippen molar-refractivity contribution in [3.63, 3.8) is 0 Å². The van der Waals surface area contributed by atoms with E-state index < -0.39 is 0 Å². The largest absolute Gasteiger partial charge is 0.497 e. The molecular formula is C13H18N2O3. The van der Waals surface area contributed by atoms with Crippen LogP contribution in [-0.2, 0) is 4.74 Å². The predicted molar refractivity (Wildman–Crippen MR) is 68.8 cm³/mol. The minimum atomic E-state index is -0.309. The van der Waals surface area contributed by atoms with E-state index in [1.807, 2.05) is 24.3 Å². The molecule has 0 spiro atoms. The number of nitrogens with zero attached hydrogens (tertiary/aromatic N) is 1. The number of methoxy groups -OCH3 is 1. The van der Waals surface area contributed by atoms with Crippen LogP contribution in [0.2, 0.25) is 0 Å². The van der Waals surface area contributed by atoms with Gasteiger partial charge in [0.15, 0.2) is 0 Å². The van der Waals surface area contributed by atoms with Gasteiger partial charge in [-0.05, 0) is 25.1 Å². The Kier molecular flexibility index (Phi) is 4.04. The molecule has 1 aliphatic heterocycles. The first kappa shape index (κ1) is 12.7. The lowest BCUT2D eigenvalue weighted by molar-refractivity contribution is 0.113. The zero-order chi connectivity index (χ0) is 13.0. The van der Waals surface area contributed by atoms with Gasteiger partial charge in [0.05, 0.1) is 19.4 Å². The van der Waals surface area contributed by atoms with Crippen LogP contribution in [0.3, 0.4) is 0 Å². The van der Waals surface area contributed by atoms with Crippen LogP contribution in [0.5, 0.6) is 5.75 Å². The van der Waals surface area contributed by atoms with Gasteiger partial charge in [0.1, 0.15) is 5.75 Å². The molecule has 1 heterocycles. The quantitative estimate of drug-likeness (QED) is 0.881. The number of nitrogens with two attached hydrogens (primary N) is 1. The molecule has 0 aromatic heterocycles. The first-order valence-electron chi connectivity index (χ1n) is 6.03. The molecule has 0 radical (unpaired) electrons. The third-order valence-electron chi connectivity index (χ3n) is 3.04. The van der Waals surface area contributed by atoms with Gasteiger partial charge in [-0.2, -0.15) is 0 Å². The van der Waals surface area contributed by atoms with Gasteiger partial charge in [0.25, 0.3) is 0 Å². The average molecular weight is 250 g/mol. The number of cyclic esters (lactones) is 1. The Labute approximate surface area is 106 Å². The summed E-state index contributed by atoms with van der Waals surface area (Å²) in [5.74, 6) is 1.01. The molecule has 1 aromatic rings.